The molecule has 0 atom stereocenters. The molecule has 4 rings (SSSR count). The van der Waals surface area contributed by atoms with Gasteiger partial charge in [-0.2, -0.15) is 0 Å². The molecular weight excluding hydrogens is 575 g/mol. The van der Waals surface area contributed by atoms with Crippen molar-refractivity contribution < 1.29 is 31.9 Å². The molecular formula is C31H29FN4O6S. The first kappa shape index (κ1) is 30.9. The summed E-state index contributed by atoms with van der Waals surface area (Å²) in [7, 11) is -3.93. The smallest absolute Gasteiger partial charge is 0.410 e. The van der Waals surface area contributed by atoms with Crippen LogP contribution < -0.4 is 19.9 Å². The van der Waals surface area contributed by atoms with E-state index in [1.807, 2.05) is 13.8 Å². The molecule has 0 radical (unpaired) electrons. The standard InChI is InChI=1S/C31H29FN4O6S/c1-20(2)36(31(38)42-26-14-10-22(11-15-26)27-8-3-4-9-28(27)43(34,39)40)19-21-6-5-7-23(18-21)29(33)35-30(37)41-25-16-12-24(32)13-17-25/h3-18,20H,19H2,1-2H3,(H2,33,35,37)(H2,34,39,40). The van der Waals surface area contributed by atoms with E-state index in [2.05, 4.69) is 5.32 Å². The van der Waals surface area contributed by atoms with E-state index in [4.69, 9.17) is 20.0 Å². The number of carbonyl (C=O) groups excluding carboxylic acids is 2. The molecule has 0 fully saturated rings. The van der Waals surface area contributed by atoms with Gasteiger partial charge in [0.2, 0.25) is 10.0 Å². The van der Waals surface area contributed by atoms with Gasteiger partial charge >= 0.3 is 12.2 Å². The molecule has 0 spiro atoms. The number of nitrogens with zero attached hydrogens (tertiary/aromatic N) is 1. The fourth-order valence-corrected chi connectivity index (χ4v) is 4.87. The number of hydrogen-bond donors (Lipinski definition) is 3. The van der Waals surface area contributed by atoms with Gasteiger partial charge in [-0.25, -0.2) is 27.5 Å². The minimum absolute atomic E-state index is 0.0130. The molecule has 10 nitrogen and oxygen atoms in total. The summed E-state index contributed by atoms with van der Waals surface area (Å²) in [4.78, 5) is 26.8. The molecule has 0 bridgehead atoms. The topological polar surface area (TPSA) is 152 Å². The lowest BCUT2D eigenvalue weighted by atomic mass is 10.1. The number of primary sulfonamides is 1. The molecule has 2 amide bonds. The highest BCUT2D eigenvalue weighted by molar-refractivity contribution is 7.89. The molecule has 0 aromatic heterocycles. The van der Waals surface area contributed by atoms with Crippen molar-refractivity contribution in [2.24, 2.45) is 5.14 Å². The third-order valence-corrected chi connectivity index (χ3v) is 7.21. The van der Waals surface area contributed by atoms with Crippen LogP contribution in [0.4, 0.5) is 14.0 Å². The van der Waals surface area contributed by atoms with Crippen LogP contribution in [-0.2, 0) is 16.6 Å². The van der Waals surface area contributed by atoms with Crippen molar-refractivity contribution in [3.63, 3.8) is 0 Å². The van der Waals surface area contributed by atoms with Crippen LogP contribution in [0.3, 0.4) is 0 Å². The molecule has 0 saturated carbocycles. The average molecular weight is 605 g/mol. The number of ether oxygens (including phenoxy) is 2. The number of sulfonamides is 1. The fraction of sp³-hybridized carbons (Fsp3) is 0.129. The van der Waals surface area contributed by atoms with E-state index < -0.39 is 28.0 Å². The molecule has 12 heteroatoms. The summed E-state index contributed by atoms with van der Waals surface area (Å²) in [6.07, 6.45) is -1.53. The summed E-state index contributed by atoms with van der Waals surface area (Å²) in [6, 6.07) is 24.1. The number of hydrogen-bond acceptors (Lipinski definition) is 7. The SMILES string of the molecule is CC(C)N(Cc1cccc(C(=N)NC(=O)Oc2ccc(F)cc2)c1)C(=O)Oc1ccc(-c2ccccc2S(N)(=O)=O)cc1. The van der Waals surface area contributed by atoms with Gasteiger partial charge in [-0.3, -0.25) is 10.7 Å². The number of nitrogens with two attached hydrogens (primary N) is 1. The lowest BCUT2D eigenvalue weighted by Crippen LogP contribution is -2.38. The highest BCUT2D eigenvalue weighted by Crippen LogP contribution is 2.28. The predicted octanol–water partition coefficient (Wildman–Crippen LogP) is 5.66. The summed E-state index contributed by atoms with van der Waals surface area (Å²) in [6.45, 7) is 3.80. The van der Waals surface area contributed by atoms with Crippen molar-refractivity contribution in [2.75, 3.05) is 0 Å². The Morgan fingerprint density at radius 1 is 0.907 bits per heavy atom. The van der Waals surface area contributed by atoms with Crippen LogP contribution in [0.5, 0.6) is 11.5 Å². The van der Waals surface area contributed by atoms with E-state index >= 15 is 0 Å². The molecule has 4 aromatic carbocycles. The van der Waals surface area contributed by atoms with Gasteiger partial charge in [0.25, 0.3) is 0 Å². The number of rotatable bonds is 8. The molecule has 0 saturated heterocycles. The van der Waals surface area contributed by atoms with Gasteiger partial charge in [-0.15, -0.1) is 0 Å². The zero-order chi connectivity index (χ0) is 31.1. The minimum atomic E-state index is -3.93. The summed E-state index contributed by atoms with van der Waals surface area (Å²) < 4.78 is 47.7. The lowest BCUT2D eigenvalue weighted by molar-refractivity contribution is 0.135. The van der Waals surface area contributed by atoms with Crippen LogP contribution in [0, 0.1) is 11.2 Å². The molecule has 43 heavy (non-hydrogen) atoms. The molecule has 0 aliphatic rings. The second-order valence-electron chi connectivity index (χ2n) is 9.70. The van der Waals surface area contributed by atoms with Gasteiger partial charge in [0.05, 0.1) is 4.90 Å². The summed E-state index contributed by atoms with van der Waals surface area (Å²) in [5.74, 6) is -0.323. The Bertz CT molecular complexity index is 1740. The first-order valence-corrected chi connectivity index (χ1v) is 14.6. The van der Waals surface area contributed by atoms with Gasteiger partial charge in [0, 0.05) is 23.7 Å². The second kappa shape index (κ2) is 13.3. The van der Waals surface area contributed by atoms with Crippen LogP contribution in [-0.4, -0.2) is 37.4 Å². The Labute approximate surface area is 248 Å². The molecule has 222 valence electrons. The van der Waals surface area contributed by atoms with Crippen LogP contribution in [0.1, 0.15) is 25.0 Å². The van der Waals surface area contributed by atoms with E-state index in [1.165, 1.54) is 23.1 Å². The summed E-state index contributed by atoms with van der Waals surface area (Å²) in [5, 5.41) is 15.9. The molecule has 4 aromatic rings. The van der Waals surface area contributed by atoms with E-state index in [-0.39, 0.29) is 34.8 Å². The fourth-order valence-electron chi connectivity index (χ4n) is 4.10. The maximum Gasteiger partial charge on any atom is 0.418 e. The van der Waals surface area contributed by atoms with Crippen molar-refractivity contribution in [1.82, 2.24) is 10.2 Å². The lowest BCUT2D eigenvalue weighted by Gasteiger charge is -2.26. The maximum atomic E-state index is 13.1. The van der Waals surface area contributed by atoms with E-state index in [1.54, 1.807) is 66.7 Å². The van der Waals surface area contributed by atoms with E-state index in [9.17, 15) is 22.4 Å². The Balaban J connectivity index is 1.41. The normalized spacial score (nSPS) is 11.1. The Morgan fingerprint density at radius 2 is 1.53 bits per heavy atom. The number of amides is 2. The third-order valence-electron chi connectivity index (χ3n) is 6.24. The van der Waals surface area contributed by atoms with Crippen molar-refractivity contribution in [3.05, 3.63) is 114 Å². The highest BCUT2D eigenvalue weighted by atomic mass is 32.2. The molecule has 0 heterocycles. The Kier molecular flexibility index (Phi) is 9.53. The quantitative estimate of drug-likeness (QED) is 0.174. The van der Waals surface area contributed by atoms with Crippen molar-refractivity contribution in [3.8, 4) is 22.6 Å². The Hall–Kier alpha value is -5.07. The van der Waals surface area contributed by atoms with Gasteiger partial charge in [0.15, 0.2) is 0 Å². The van der Waals surface area contributed by atoms with Crippen molar-refractivity contribution in [2.45, 2.75) is 31.3 Å². The number of amidine groups is 1. The number of nitrogens with one attached hydrogen (secondary N) is 2. The maximum absolute atomic E-state index is 13.1. The average Bonchev–Trinajstić information content (AvgIpc) is 2.97. The minimum Gasteiger partial charge on any atom is -0.410 e. The van der Waals surface area contributed by atoms with Gasteiger partial charge in [0.1, 0.15) is 23.2 Å². The van der Waals surface area contributed by atoms with Crippen molar-refractivity contribution >= 4 is 28.0 Å². The first-order chi connectivity index (χ1) is 20.4. The van der Waals surface area contributed by atoms with E-state index in [0.29, 0.717) is 22.3 Å². The first-order valence-electron chi connectivity index (χ1n) is 13.0. The van der Waals surface area contributed by atoms with Crippen molar-refractivity contribution in [1.29, 1.82) is 5.41 Å². The molecule has 0 aliphatic carbocycles. The number of carbonyl (C=O) groups is 2. The van der Waals surface area contributed by atoms with Crippen LogP contribution in [0.25, 0.3) is 11.1 Å². The van der Waals surface area contributed by atoms with Gasteiger partial charge in [-0.05, 0) is 73.5 Å². The zero-order valence-corrected chi connectivity index (χ0v) is 24.1. The molecule has 0 unspecified atom stereocenters. The number of benzene rings is 4. The second-order valence-corrected chi connectivity index (χ2v) is 11.2. The highest BCUT2D eigenvalue weighted by Gasteiger charge is 2.21. The predicted molar refractivity (Wildman–Crippen MR) is 159 cm³/mol. The van der Waals surface area contributed by atoms with Crippen LogP contribution in [0.15, 0.2) is 102 Å². The van der Waals surface area contributed by atoms with E-state index in [0.717, 1.165) is 12.1 Å². The Morgan fingerprint density at radius 3 is 2.19 bits per heavy atom. The summed E-state index contributed by atoms with van der Waals surface area (Å²) in [5.41, 5.74) is 2.06. The van der Waals surface area contributed by atoms with Crippen LogP contribution in [0.2, 0.25) is 0 Å². The summed E-state index contributed by atoms with van der Waals surface area (Å²) >= 11 is 0. The number of halogens is 1. The molecule has 0 aliphatic heterocycles. The zero-order valence-electron chi connectivity index (χ0n) is 23.3. The largest absolute Gasteiger partial charge is 0.418 e. The van der Waals surface area contributed by atoms with Gasteiger partial charge < -0.3 is 14.4 Å². The third kappa shape index (κ3) is 8.24. The van der Waals surface area contributed by atoms with Gasteiger partial charge in [-0.1, -0.05) is 48.5 Å². The molecule has 4 N–H and O–H groups in total. The monoisotopic (exact) mass is 604 g/mol. The van der Waals surface area contributed by atoms with Crippen LogP contribution >= 0.6 is 0 Å².